The molecule has 2 N–H and O–H groups in total. The minimum absolute atomic E-state index is 0.112. The molecule has 0 aromatic heterocycles. The fraction of sp³-hybridized carbons (Fsp3) is 0.556. The molecule has 1 amide bonds. The van der Waals surface area contributed by atoms with E-state index < -0.39 is 17.4 Å². The number of hydrogen-bond donors (Lipinski definition) is 2. The maximum Gasteiger partial charge on any atom is 0.309 e. The second-order valence-corrected chi connectivity index (χ2v) is 7.17. The maximum atomic E-state index is 11.7. The number of rotatable bonds is 2. The molecule has 5 nitrogen and oxygen atoms in total. The van der Waals surface area contributed by atoms with Gasteiger partial charge < -0.3 is 10.4 Å². The van der Waals surface area contributed by atoms with Gasteiger partial charge in [-0.2, -0.15) is 0 Å². The van der Waals surface area contributed by atoms with Gasteiger partial charge in [0.05, 0.1) is 11.5 Å². The zero-order valence-electron chi connectivity index (χ0n) is 13.1. The normalized spacial score (nSPS) is 27.1. The highest BCUT2D eigenvalue weighted by Crippen LogP contribution is 2.38. The van der Waals surface area contributed by atoms with Crippen molar-refractivity contribution in [2.45, 2.75) is 43.7 Å². The third kappa shape index (κ3) is 2.43. The molecular weight excluding hydrogens is 292 g/mol. The fourth-order valence-electron chi connectivity index (χ4n) is 4.68. The highest BCUT2D eigenvalue weighted by atomic mass is 16.4. The summed E-state index contributed by atoms with van der Waals surface area (Å²) in [4.78, 5) is 25.7. The van der Waals surface area contributed by atoms with Crippen LogP contribution < -0.4 is 5.32 Å². The molecule has 1 aromatic carbocycles. The topological polar surface area (TPSA) is 69.6 Å². The van der Waals surface area contributed by atoms with E-state index in [0.717, 1.165) is 38.8 Å². The first-order chi connectivity index (χ1) is 11.1. The summed E-state index contributed by atoms with van der Waals surface area (Å²) in [6.45, 7) is 1.73. The summed E-state index contributed by atoms with van der Waals surface area (Å²) in [5, 5.41) is 12.4. The van der Waals surface area contributed by atoms with Crippen LogP contribution in [-0.2, 0) is 22.4 Å². The highest BCUT2D eigenvalue weighted by molar-refractivity contribution is 5.88. The van der Waals surface area contributed by atoms with Gasteiger partial charge in [-0.1, -0.05) is 24.3 Å². The number of carboxylic acid groups (broad SMARTS) is 1. The van der Waals surface area contributed by atoms with Crippen LogP contribution in [0.4, 0.5) is 0 Å². The fourth-order valence-corrected chi connectivity index (χ4v) is 4.68. The average Bonchev–Trinajstić information content (AvgIpc) is 3.09. The second-order valence-electron chi connectivity index (χ2n) is 7.17. The van der Waals surface area contributed by atoms with Crippen LogP contribution in [0.15, 0.2) is 24.3 Å². The molecule has 2 fully saturated rings. The molecule has 5 heteroatoms. The largest absolute Gasteiger partial charge is 0.481 e. The monoisotopic (exact) mass is 314 g/mol. The Labute approximate surface area is 135 Å². The Balaban J connectivity index is 1.44. The van der Waals surface area contributed by atoms with Gasteiger partial charge in [-0.3, -0.25) is 14.5 Å². The zero-order valence-corrected chi connectivity index (χ0v) is 13.1. The minimum atomic E-state index is -0.843. The van der Waals surface area contributed by atoms with Gasteiger partial charge in [0.25, 0.3) is 0 Å². The Morgan fingerprint density at radius 3 is 2.30 bits per heavy atom. The maximum absolute atomic E-state index is 11.7. The lowest BCUT2D eigenvalue weighted by Crippen LogP contribution is -2.57. The van der Waals surface area contributed by atoms with Crippen molar-refractivity contribution in [1.29, 1.82) is 0 Å². The number of likely N-dealkylation sites (tertiary alicyclic amines) is 1. The molecule has 1 aliphatic carbocycles. The predicted molar refractivity (Wildman–Crippen MR) is 85.1 cm³/mol. The van der Waals surface area contributed by atoms with Crippen molar-refractivity contribution in [3.8, 4) is 0 Å². The molecule has 23 heavy (non-hydrogen) atoms. The third-order valence-corrected chi connectivity index (χ3v) is 5.98. The Morgan fingerprint density at radius 1 is 1.13 bits per heavy atom. The van der Waals surface area contributed by atoms with E-state index in [9.17, 15) is 14.7 Å². The van der Waals surface area contributed by atoms with Crippen molar-refractivity contribution >= 4 is 11.9 Å². The number of carbonyl (C=O) groups excluding carboxylic acids is 1. The molecule has 1 spiro atoms. The summed E-state index contributed by atoms with van der Waals surface area (Å²) in [5.41, 5.74) is 2.36. The summed E-state index contributed by atoms with van der Waals surface area (Å²) >= 11 is 0. The molecule has 1 atom stereocenters. The molecule has 0 bridgehead atoms. The quantitative estimate of drug-likeness (QED) is 0.861. The van der Waals surface area contributed by atoms with Crippen LogP contribution in [0.5, 0.6) is 0 Å². The van der Waals surface area contributed by atoms with Gasteiger partial charge in [-0.25, -0.2) is 0 Å². The first-order valence-corrected chi connectivity index (χ1v) is 8.42. The van der Waals surface area contributed by atoms with Crippen LogP contribution in [-0.4, -0.2) is 46.6 Å². The minimum Gasteiger partial charge on any atom is -0.481 e. The van der Waals surface area contributed by atoms with Crippen molar-refractivity contribution in [3.05, 3.63) is 35.4 Å². The van der Waals surface area contributed by atoms with Crippen LogP contribution in [0.2, 0.25) is 0 Å². The number of nitrogens with one attached hydrogen (secondary N) is 1. The number of carboxylic acids is 1. The summed E-state index contributed by atoms with van der Waals surface area (Å²) < 4.78 is 0. The predicted octanol–water partition coefficient (Wildman–Crippen LogP) is 1.21. The molecule has 2 saturated heterocycles. The first-order valence-electron chi connectivity index (χ1n) is 8.42. The molecule has 122 valence electrons. The van der Waals surface area contributed by atoms with Gasteiger partial charge in [-0.05, 0) is 36.8 Å². The van der Waals surface area contributed by atoms with E-state index >= 15 is 0 Å². The van der Waals surface area contributed by atoms with E-state index in [1.54, 1.807) is 0 Å². The van der Waals surface area contributed by atoms with E-state index in [4.69, 9.17) is 0 Å². The summed E-state index contributed by atoms with van der Waals surface area (Å²) in [6, 6.07) is 9.12. The molecule has 0 saturated carbocycles. The van der Waals surface area contributed by atoms with E-state index in [-0.39, 0.29) is 12.3 Å². The standard InChI is InChI=1S/C18H22N2O3/c21-16-11-15(17(22)23)18(19-16)5-7-20(8-6-18)14-9-12-3-1-2-4-13(12)10-14/h1-4,14-15H,5-11H2,(H,19,21)(H,22,23). The van der Waals surface area contributed by atoms with Crippen LogP contribution in [0, 0.1) is 5.92 Å². The number of fused-ring (bicyclic) bond motifs is 1. The van der Waals surface area contributed by atoms with Gasteiger partial charge >= 0.3 is 5.97 Å². The van der Waals surface area contributed by atoms with Gasteiger partial charge in [-0.15, -0.1) is 0 Å². The summed E-state index contributed by atoms with van der Waals surface area (Å²) in [6.07, 6.45) is 3.77. The number of nitrogens with zero attached hydrogens (tertiary/aromatic N) is 1. The summed E-state index contributed by atoms with van der Waals surface area (Å²) in [7, 11) is 0. The van der Waals surface area contributed by atoms with Gasteiger partial charge in [0, 0.05) is 25.6 Å². The number of piperidine rings is 1. The van der Waals surface area contributed by atoms with E-state index in [1.807, 2.05) is 0 Å². The van der Waals surface area contributed by atoms with Crippen LogP contribution in [0.25, 0.3) is 0 Å². The van der Waals surface area contributed by atoms with Crippen molar-refractivity contribution < 1.29 is 14.7 Å². The van der Waals surface area contributed by atoms with Gasteiger partial charge in [0.1, 0.15) is 0 Å². The molecule has 2 aliphatic heterocycles. The molecule has 1 aromatic rings. The lowest BCUT2D eigenvalue weighted by molar-refractivity contribution is -0.144. The van der Waals surface area contributed by atoms with Gasteiger partial charge in [0.2, 0.25) is 5.91 Å². The van der Waals surface area contributed by atoms with Crippen molar-refractivity contribution in [3.63, 3.8) is 0 Å². The van der Waals surface area contributed by atoms with Crippen molar-refractivity contribution in [2.75, 3.05) is 13.1 Å². The molecule has 0 radical (unpaired) electrons. The summed E-state index contributed by atoms with van der Waals surface area (Å²) in [5.74, 6) is -1.53. The van der Waals surface area contributed by atoms with Crippen LogP contribution >= 0.6 is 0 Å². The van der Waals surface area contributed by atoms with Gasteiger partial charge in [0.15, 0.2) is 0 Å². The smallest absolute Gasteiger partial charge is 0.309 e. The Hall–Kier alpha value is -1.88. The SMILES string of the molecule is O=C1CC(C(=O)O)C2(CCN(C3Cc4ccccc4C3)CC2)N1. The van der Waals surface area contributed by atoms with Crippen molar-refractivity contribution in [1.82, 2.24) is 10.2 Å². The van der Waals surface area contributed by atoms with Crippen LogP contribution in [0.3, 0.4) is 0 Å². The zero-order chi connectivity index (χ0) is 16.0. The number of aliphatic carboxylic acids is 1. The van der Waals surface area contributed by atoms with E-state index in [0.29, 0.717) is 6.04 Å². The number of benzene rings is 1. The molecule has 2 heterocycles. The Bertz CT molecular complexity index is 624. The molecule has 3 aliphatic rings. The highest BCUT2D eigenvalue weighted by Gasteiger charge is 2.52. The lowest BCUT2D eigenvalue weighted by atomic mass is 9.77. The number of amides is 1. The third-order valence-electron chi connectivity index (χ3n) is 5.98. The first kappa shape index (κ1) is 14.7. The average molecular weight is 314 g/mol. The van der Waals surface area contributed by atoms with Crippen LogP contribution in [0.1, 0.15) is 30.4 Å². The van der Waals surface area contributed by atoms with E-state index in [1.165, 1.54) is 11.1 Å². The lowest BCUT2D eigenvalue weighted by Gasteiger charge is -2.43. The number of hydrogen-bond acceptors (Lipinski definition) is 3. The van der Waals surface area contributed by atoms with Crippen molar-refractivity contribution in [2.24, 2.45) is 5.92 Å². The Kier molecular flexibility index (Phi) is 3.41. The Morgan fingerprint density at radius 2 is 1.74 bits per heavy atom. The molecular formula is C18H22N2O3. The number of carbonyl (C=O) groups is 2. The molecule has 4 rings (SSSR count). The second kappa shape index (κ2) is 5.34. The van der Waals surface area contributed by atoms with E-state index in [2.05, 4.69) is 34.5 Å². The molecule has 1 unspecified atom stereocenters.